The number of pyridine rings is 2. The van der Waals surface area contributed by atoms with Crippen molar-refractivity contribution >= 4 is 21.0 Å². The third-order valence-corrected chi connectivity index (χ3v) is 7.21. The first-order valence-corrected chi connectivity index (χ1v) is 13.4. The summed E-state index contributed by atoms with van der Waals surface area (Å²) in [6.07, 6.45) is 1.29. The molecule has 1 aliphatic rings. The fraction of sp³-hybridized carbons (Fsp3) is 0. The Bertz CT molecular complexity index is 1880. The minimum absolute atomic E-state index is 0. The smallest absolute Gasteiger partial charge is 0.296 e. The Balaban J connectivity index is 0.000000240. The molecule has 1 radical (unpaired) electrons. The van der Waals surface area contributed by atoms with E-state index in [0.29, 0.717) is 0 Å². The van der Waals surface area contributed by atoms with Crippen LogP contribution in [0, 0.1) is 6.07 Å². The van der Waals surface area contributed by atoms with Gasteiger partial charge in [-0.05, 0) is 46.1 Å². The van der Waals surface area contributed by atoms with Crippen molar-refractivity contribution in [2.24, 2.45) is 0 Å². The van der Waals surface area contributed by atoms with Gasteiger partial charge in [-0.2, -0.15) is 8.42 Å². The van der Waals surface area contributed by atoms with Crippen molar-refractivity contribution in [3.8, 4) is 44.6 Å². The van der Waals surface area contributed by atoms with Gasteiger partial charge in [0.05, 0.1) is 5.52 Å². The van der Waals surface area contributed by atoms with E-state index in [0.717, 1.165) is 16.8 Å². The monoisotopic (exact) mass is 706 g/mol. The van der Waals surface area contributed by atoms with Gasteiger partial charge in [0.1, 0.15) is 0 Å². The Morgan fingerprint density at radius 3 is 2.00 bits per heavy atom. The molecule has 0 unspecified atom stereocenters. The third kappa shape index (κ3) is 5.31. The maximum atomic E-state index is 10.3. The van der Waals surface area contributed by atoms with Gasteiger partial charge in [-0.25, -0.2) is 4.98 Å². The number of benzene rings is 4. The molecule has 0 saturated carbocycles. The molecule has 6 aromatic rings. The average molecular weight is 706 g/mol. The van der Waals surface area contributed by atoms with Crippen molar-refractivity contribution in [2.75, 3.05) is 0 Å². The van der Waals surface area contributed by atoms with Gasteiger partial charge < -0.3 is 0 Å². The van der Waals surface area contributed by atoms with Crippen molar-refractivity contribution in [1.82, 2.24) is 9.97 Å². The van der Waals surface area contributed by atoms with Gasteiger partial charge in [0.15, 0.2) is 5.03 Å². The van der Waals surface area contributed by atoms with E-state index in [4.69, 9.17) is 9.54 Å². The standard InChI is InChI=1S/C27H16N.C5H5NO3S.Ir/c1-2-7-18(8-3-1)19-13-15-20(16-14-19)26-17-24-22-10-5-4-9-21(22)23-11-6-12-25(28-26)27(23)24;7-10(8,9)5-3-1-2-4-6-5;/h1-15,17H;1-4H,(H,7,8,9);/q-1;;. The van der Waals surface area contributed by atoms with Gasteiger partial charge in [0, 0.05) is 31.7 Å². The van der Waals surface area contributed by atoms with Crippen LogP contribution in [0.5, 0.6) is 0 Å². The minimum Gasteiger partial charge on any atom is -0.296 e. The fourth-order valence-electron chi connectivity index (χ4n) is 4.71. The van der Waals surface area contributed by atoms with Gasteiger partial charge >= 0.3 is 10.1 Å². The third-order valence-electron chi connectivity index (χ3n) is 6.44. The summed E-state index contributed by atoms with van der Waals surface area (Å²) in [5.74, 6) is 0. The van der Waals surface area contributed by atoms with Crippen LogP contribution < -0.4 is 0 Å². The molecule has 5 nitrogen and oxygen atoms in total. The number of hydrogen-bond donors (Lipinski definition) is 1. The van der Waals surface area contributed by atoms with Gasteiger partial charge in [0.25, 0.3) is 0 Å². The predicted octanol–water partition coefficient (Wildman–Crippen LogP) is 7.34. The zero-order valence-corrected chi connectivity index (χ0v) is 23.7. The predicted molar refractivity (Wildman–Crippen MR) is 150 cm³/mol. The summed E-state index contributed by atoms with van der Waals surface area (Å²) >= 11 is 0. The van der Waals surface area contributed by atoms with E-state index in [1.54, 1.807) is 6.07 Å². The van der Waals surface area contributed by atoms with Crippen molar-refractivity contribution < 1.29 is 33.1 Å². The van der Waals surface area contributed by atoms with E-state index in [1.165, 1.54) is 57.1 Å². The molecular formula is C32H21IrN2O3S-. The molecule has 0 spiro atoms. The molecule has 0 bridgehead atoms. The van der Waals surface area contributed by atoms with Crippen molar-refractivity contribution in [2.45, 2.75) is 5.03 Å². The summed E-state index contributed by atoms with van der Waals surface area (Å²) in [7, 11) is -4.11. The van der Waals surface area contributed by atoms with Crippen LogP contribution in [0.1, 0.15) is 0 Å². The summed E-state index contributed by atoms with van der Waals surface area (Å²) in [6.45, 7) is 0. The number of fused-ring (bicyclic) bond motifs is 3. The van der Waals surface area contributed by atoms with E-state index in [2.05, 4.69) is 102 Å². The molecule has 1 N–H and O–H groups in total. The van der Waals surface area contributed by atoms with Gasteiger partial charge in [-0.3, -0.25) is 9.54 Å². The Morgan fingerprint density at radius 1 is 0.667 bits per heavy atom. The quantitative estimate of drug-likeness (QED) is 0.154. The van der Waals surface area contributed by atoms with Gasteiger partial charge in [0.2, 0.25) is 0 Å². The second kappa shape index (κ2) is 11.0. The van der Waals surface area contributed by atoms with Gasteiger partial charge in [-0.15, -0.1) is 29.8 Å². The Morgan fingerprint density at radius 2 is 1.36 bits per heavy atom. The molecule has 0 amide bonds. The molecule has 2 aromatic heterocycles. The molecule has 7 rings (SSSR count). The first-order valence-electron chi connectivity index (χ1n) is 12.0. The van der Waals surface area contributed by atoms with E-state index in [1.807, 2.05) is 6.07 Å². The van der Waals surface area contributed by atoms with E-state index in [9.17, 15) is 8.42 Å². The summed E-state index contributed by atoms with van der Waals surface area (Å²) in [5, 5.41) is 0.934. The topological polar surface area (TPSA) is 80.2 Å². The second-order valence-electron chi connectivity index (χ2n) is 8.80. The summed E-state index contributed by atoms with van der Waals surface area (Å²) < 4.78 is 29.1. The van der Waals surface area contributed by atoms with Crippen LogP contribution >= 0.6 is 0 Å². The van der Waals surface area contributed by atoms with E-state index >= 15 is 0 Å². The molecule has 0 fully saturated rings. The molecule has 39 heavy (non-hydrogen) atoms. The van der Waals surface area contributed by atoms with Crippen LogP contribution in [0.2, 0.25) is 0 Å². The molecule has 4 aromatic carbocycles. The molecule has 0 aliphatic heterocycles. The van der Waals surface area contributed by atoms with Crippen LogP contribution in [-0.2, 0) is 30.2 Å². The zero-order chi connectivity index (χ0) is 26.1. The number of hydrogen-bond acceptors (Lipinski definition) is 4. The summed E-state index contributed by atoms with van der Waals surface area (Å²) in [6, 6.07) is 41.7. The first kappa shape index (κ1) is 26.6. The van der Waals surface area contributed by atoms with Crippen molar-refractivity contribution in [1.29, 1.82) is 0 Å². The Kier molecular flexibility index (Phi) is 7.51. The number of rotatable bonds is 3. The van der Waals surface area contributed by atoms with E-state index < -0.39 is 10.1 Å². The molecular weight excluding hydrogens is 685 g/mol. The fourth-order valence-corrected chi connectivity index (χ4v) is 5.15. The van der Waals surface area contributed by atoms with Crippen LogP contribution in [0.3, 0.4) is 0 Å². The minimum atomic E-state index is -4.11. The maximum Gasteiger partial charge on any atom is 0.312 e. The zero-order valence-electron chi connectivity index (χ0n) is 20.4. The number of aromatic nitrogens is 2. The van der Waals surface area contributed by atoms with E-state index in [-0.39, 0.29) is 25.1 Å². The van der Waals surface area contributed by atoms with Crippen LogP contribution in [0.4, 0.5) is 0 Å². The molecule has 2 heterocycles. The van der Waals surface area contributed by atoms with Gasteiger partial charge in [-0.1, -0.05) is 90.0 Å². The van der Waals surface area contributed by atoms with Crippen LogP contribution in [0.15, 0.2) is 126 Å². The van der Waals surface area contributed by atoms with Crippen molar-refractivity contribution in [3.63, 3.8) is 0 Å². The molecule has 1 aliphatic carbocycles. The Hall–Kier alpha value is -4.00. The normalized spacial score (nSPS) is 11.2. The summed E-state index contributed by atoms with van der Waals surface area (Å²) in [5.41, 5.74) is 10.5. The van der Waals surface area contributed by atoms with Crippen LogP contribution in [-0.4, -0.2) is 22.9 Å². The molecule has 0 atom stereocenters. The second-order valence-corrected chi connectivity index (χ2v) is 10.2. The molecule has 0 saturated heterocycles. The largest absolute Gasteiger partial charge is 0.312 e. The average Bonchev–Trinajstić information content (AvgIpc) is 3.29. The summed E-state index contributed by atoms with van der Waals surface area (Å²) in [4.78, 5) is 8.37. The molecule has 193 valence electrons. The first-order chi connectivity index (χ1) is 18.5. The molecule has 7 heteroatoms. The maximum absolute atomic E-state index is 10.3. The van der Waals surface area contributed by atoms with Crippen molar-refractivity contribution in [3.05, 3.63) is 128 Å². The SMILES string of the molecule is O=S(=O)(O)c1ccccn1.[Ir].[c-]1cc(-c2ccccc2)ccc1-c1cc2c3c(cccc3n1)-c1ccccc1-2. The Labute approximate surface area is 240 Å². The number of nitrogens with zero attached hydrogens (tertiary/aromatic N) is 2. The van der Waals surface area contributed by atoms with Crippen LogP contribution in [0.25, 0.3) is 55.5 Å².